The Morgan fingerprint density at radius 2 is 1.96 bits per heavy atom. The molecule has 0 bridgehead atoms. The molecule has 0 amide bonds. The molecule has 0 spiro atoms. The molecule has 2 N–H and O–H groups in total. The average molecular weight is 443 g/mol. The lowest BCUT2D eigenvalue weighted by atomic mass is 10.2. The fourth-order valence-corrected chi connectivity index (χ4v) is 3.07. The van der Waals surface area contributed by atoms with Crippen molar-refractivity contribution >= 4 is 49.4 Å². The highest BCUT2D eigenvalue weighted by Gasteiger charge is 2.05. The number of anilines is 1. The molecule has 0 aliphatic rings. The minimum Gasteiger partial charge on any atom is -0.506 e. The first kappa shape index (κ1) is 17.4. The van der Waals surface area contributed by atoms with Gasteiger partial charge in [0.05, 0.1) is 15.9 Å². The van der Waals surface area contributed by atoms with Crippen LogP contribution in [0, 0.1) is 10.1 Å². The van der Waals surface area contributed by atoms with Crippen molar-refractivity contribution in [1.82, 2.24) is 0 Å². The summed E-state index contributed by atoms with van der Waals surface area (Å²) in [6.45, 7) is 1.07. The van der Waals surface area contributed by atoms with Crippen LogP contribution in [0.15, 0.2) is 50.3 Å². The number of phenolic OH excluding ortho intramolecular Hbond substituents is 1. The van der Waals surface area contributed by atoms with Gasteiger partial charge in [0, 0.05) is 40.6 Å². The molecule has 8 heteroatoms. The van der Waals surface area contributed by atoms with E-state index < -0.39 is 4.92 Å². The quantitative estimate of drug-likeness (QED) is 0.301. The summed E-state index contributed by atoms with van der Waals surface area (Å²) in [4.78, 5) is 14.4. The van der Waals surface area contributed by atoms with Gasteiger partial charge in [-0.25, -0.2) is 0 Å². The number of rotatable bonds is 6. The minimum absolute atomic E-state index is 0.0595. The van der Waals surface area contributed by atoms with E-state index in [1.165, 1.54) is 12.1 Å². The standard InChI is InChI=1S/C15H13Br2N3O3/c16-11-7-10(15(21)14(17)8-11)9-18-5-6-19-12-1-3-13(4-2-12)20(22)23/h1-4,7-9,19,21H,5-6H2. The van der Waals surface area contributed by atoms with E-state index >= 15 is 0 Å². The molecule has 2 aromatic rings. The number of benzene rings is 2. The van der Waals surface area contributed by atoms with Crippen molar-refractivity contribution in [3.05, 3.63) is 61.0 Å². The number of nitro benzene ring substituents is 1. The molecule has 6 nitrogen and oxygen atoms in total. The molecular weight excluding hydrogens is 430 g/mol. The summed E-state index contributed by atoms with van der Waals surface area (Å²) in [6.07, 6.45) is 1.60. The number of nitro groups is 1. The van der Waals surface area contributed by atoms with Crippen LogP contribution in [0.3, 0.4) is 0 Å². The molecule has 2 rings (SSSR count). The third-order valence-electron chi connectivity index (χ3n) is 2.94. The maximum atomic E-state index is 10.6. The van der Waals surface area contributed by atoms with Crippen LogP contribution >= 0.6 is 31.9 Å². The van der Waals surface area contributed by atoms with Crippen molar-refractivity contribution in [1.29, 1.82) is 0 Å². The number of aromatic hydroxyl groups is 1. The normalized spacial score (nSPS) is 10.9. The number of hydrogen-bond acceptors (Lipinski definition) is 5. The number of non-ortho nitro benzene ring substituents is 1. The fraction of sp³-hybridized carbons (Fsp3) is 0.133. The molecule has 0 aliphatic carbocycles. The fourth-order valence-electron chi connectivity index (χ4n) is 1.81. The molecule has 0 atom stereocenters. The Morgan fingerprint density at radius 1 is 1.26 bits per heavy atom. The maximum absolute atomic E-state index is 10.6. The molecule has 0 saturated heterocycles. The van der Waals surface area contributed by atoms with E-state index in [1.807, 2.05) is 0 Å². The zero-order chi connectivity index (χ0) is 16.8. The van der Waals surface area contributed by atoms with E-state index in [1.54, 1.807) is 30.5 Å². The molecular formula is C15H13Br2N3O3. The average Bonchev–Trinajstić information content (AvgIpc) is 2.52. The predicted molar refractivity (Wildman–Crippen MR) is 97.6 cm³/mol. The van der Waals surface area contributed by atoms with Gasteiger partial charge in [-0.05, 0) is 40.2 Å². The van der Waals surface area contributed by atoms with Crippen LogP contribution in [-0.2, 0) is 0 Å². The van der Waals surface area contributed by atoms with Gasteiger partial charge in [0.25, 0.3) is 5.69 Å². The summed E-state index contributed by atoms with van der Waals surface area (Å²) in [5.41, 5.74) is 1.46. The van der Waals surface area contributed by atoms with Crippen LogP contribution in [0.25, 0.3) is 0 Å². The van der Waals surface area contributed by atoms with Gasteiger partial charge in [0.2, 0.25) is 0 Å². The van der Waals surface area contributed by atoms with Crippen molar-refractivity contribution in [2.24, 2.45) is 4.99 Å². The first-order valence-electron chi connectivity index (χ1n) is 6.63. The van der Waals surface area contributed by atoms with Gasteiger partial charge in [-0.3, -0.25) is 15.1 Å². The van der Waals surface area contributed by atoms with Crippen LogP contribution in [0.4, 0.5) is 11.4 Å². The zero-order valence-corrected chi connectivity index (χ0v) is 15.0. The molecule has 0 aromatic heterocycles. The lowest BCUT2D eigenvalue weighted by molar-refractivity contribution is -0.384. The monoisotopic (exact) mass is 441 g/mol. The molecule has 0 aliphatic heterocycles. The second-order valence-corrected chi connectivity index (χ2v) is 6.36. The summed E-state index contributed by atoms with van der Waals surface area (Å²) in [6, 6.07) is 9.72. The molecule has 23 heavy (non-hydrogen) atoms. The van der Waals surface area contributed by atoms with Crippen molar-refractivity contribution in [2.45, 2.75) is 0 Å². The Hall–Kier alpha value is -1.93. The first-order chi connectivity index (χ1) is 11.0. The van der Waals surface area contributed by atoms with Gasteiger partial charge in [-0.15, -0.1) is 0 Å². The van der Waals surface area contributed by atoms with E-state index in [4.69, 9.17) is 0 Å². The third-order valence-corrected chi connectivity index (χ3v) is 4.00. The van der Waals surface area contributed by atoms with E-state index in [-0.39, 0.29) is 11.4 Å². The third kappa shape index (κ3) is 5.04. The molecule has 0 heterocycles. The summed E-state index contributed by atoms with van der Waals surface area (Å²) < 4.78 is 1.44. The van der Waals surface area contributed by atoms with E-state index in [0.29, 0.717) is 23.1 Å². The smallest absolute Gasteiger partial charge is 0.269 e. The highest BCUT2D eigenvalue weighted by molar-refractivity contribution is 9.11. The largest absolute Gasteiger partial charge is 0.506 e. The topological polar surface area (TPSA) is 87.8 Å². The highest BCUT2D eigenvalue weighted by Crippen LogP contribution is 2.30. The lowest BCUT2D eigenvalue weighted by Crippen LogP contribution is -2.05. The summed E-state index contributed by atoms with van der Waals surface area (Å²) in [5, 5.41) is 23.6. The van der Waals surface area contributed by atoms with Gasteiger partial charge in [0.1, 0.15) is 5.75 Å². The number of hydrogen-bond donors (Lipinski definition) is 2. The van der Waals surface area contributed by atoms with Crippen molar-refractivity contribution in [3.8, 4) is 5.75 Å². The Bertz CT molecular complexity index is 733. The molecule has 0 radical (unpaired) electrons. The Balaban J connectivity index is 1.87. The second-order valence-electron chi connectivity index (χ2n) is 4.59. The van der Waals surface area contributed by atoms with Gasteiger partial charge in [-0.2, -0.15) is 0 Å². The first-order valence-corrected chi connectivity index (χ1v) is 8.22. The minimum atomic E-state index is -0.434. The lowest BCUT2D eigenvalue weighted by Gasteiger charge is -2.04. The number of phenols is 1. The molecule has 0 fully saturated rings. The molecule has 0 saturated carbocycles. The van der Waals surface area contributed by atoms with Crippen LogP contribution in [0.1, 0.15) is 5.56 Å². The summed E-state index contributed by atoms with van der Waals surface area (Å²) in [7, 11) is 0. The van der Waals surface area contributed by atoms with Crippen LogP contribution in [-0.4, -0.2) is 29.3 Å². The SMILES string of the molecule is O=[N+]([O-])c1ccc(NCCN=Cc2cc(Br)cc(Br)c2O)cc1. The second kappa shape index (κ2) is 8.07. The van der Waals surface area contributed by atoms with Crippen LogP contribution < -0.4 is 5.32 Å². The van der Waals surface area contributed by atoms with Gasteiger partial charge >= 0.3 is 0 Å². The Morgan fingerprint density at radius 3 is 2.61 bits per heavy atom. The maximum Gasteiger partial charge on any atom is 0.269 e. The van der Waals surface area contributed by atoms with Crippen molar-refractivity contribution < 1.29 is 10.0 Å². The predicted octanol–water partition coefficient (Wildman–Crippen LogP) is 4.36. The van der Waals surface area contributed by atoms with Gasteiger partial charge < -0.3 is 10.4 Å². The Kier molecular flexibility index (Phi) is 6.12. The van der Waals surface area contributed by atoms with E-state index in [0.717, 1.165) is 10.2 Å². The molecule has 0 unspecified atom stereocenters. The van der Waals surface area contributed by atoms with Crippen LogP contribution in [0.2, 0.25) is 0 Å². The summed E-state index contributed by atoms with van der Waals surface area (Å²) in [5.74, 6) is 0.139. The van der Waals surface area contributed by atoms with Crippen molar-refractivity contribution in [3.63, 3.8) is 0 Å². The van der Waals surface area contributed by atoms with E-state index in [9.17, 15) is 15.2 Å². The van der Waals surface area contributed by atoms with Crippen molar-refractivity contribution in [2.75, 3.05) is 18.4 Å². The Labute approximate surface area is 149 Å². The molecule has 120 valence electrons. The number of aliphatic imine (C=N–C) groups is 1. The van der Waals surface area contributed by atoms with Gasteiger partial charge in [-0.1, -0.05) is 15.9 Å². The molecule has 2 aromatic carbocycles. The zero-order valence-electron chi connectivity index (χ0n) is 11.9. The number of nitrogens with zero attached hydrogens (tertiary/aromatic N) is 2. The van der Waals surface area contributed by atoms with Gasteiger partial charge in [0.15, 0.2) is 0 Å². The highest BCUT2D eigenvalue weighted by atomic mass is 79.9. The van der Waals surface area contributed by atoms with E-state index in [2.05, 4.69) is 42.2 Å². The number of nitrogens with one attached hydrogen (secondary N) is 1. The summed E-state index contributed by atoms with van der Waals surface area (Å²) >= 11 is 6.62. The van der Waals surface area contributed by atoms with Crippen LogP contribution in [0.5, 0.6) is 5.75 Å². The number of halogens is 2.